The Morgan fingerprint density at radius 1 is 1.18 bits per heavy atom. The Bertz CT molecular complexity index is 975. The lowest BCUT2D eigenvalue weighted by atomic mass is 10.0. The molecular formula is C19H20F2N2O4S. The average Bonchev–Trinajstić information content (AvgIpc) is 2.66. The molecule has 1 aliphatic rings. The van der Waals surface area contributed by atoms with Crippen LogP contribution in [-0.2, 0) is 23.0 Å². The van der Waals surface area contributed by atoms with Gasteiger partial charge < -0.3 is 10.1 Å². The maximum Gasteiger partial charge on any atom is 0.257 e. The van der Waals surface area contributed by atoms with Gasteiger partial charge in [0, 0.05) is 19.6 Å². The van der Waals surface area contributed by atoms with Crippen molar-refractivity contribution in [2.24, 2.45) is 0 Å². The molecule has 0 bridgehead atoms. The predicted molar refractivity (Wildman–Crippen MR) is 99.6 cm³/mol. The molecule has 1 heterocycles. The number of hydrogen-bond donors (Lipinski definition) is 1. The molecule has 0 radical (unpaired) electrons. The van der Waals surface area contributed by atoms with Crippen LogP contribution >= 0.6 is 0 Å². The first-order valence-electron chi connectivity index (χ1n) is 8.67. The predicted octanol–water partition coefficient (Wildman–Crippen LogP) is 2.09. The van der Waals surface area contributed by atoms with Gasteiger partial charge in [0.25, 0.3) is 5.91 Å². The highest BCUT2D eigenvalue weighted by molar-refractivity contribution is 7.89. The number of carbonyl (C=O) groups is 1. The molecule has 9 heteroatoms. The molecule has 150 valence electrons. The van der Waals surface area contributed by atoms with Gasteiger partial charge in [-0.25, -0.2) is 17.2 Å². The summed E-state index contributed by atoms with van der Waals surface area (Å²) in [6, 6.07) is 8.58. The Hall–Kier alpha value is -2.52. The number of methoxy groups -OCH3 is 1. The highest BCUT2D eigenvalue weighted by Gasteiger charge is 2.27. The summed E-state index contributed by atoms with van der Waals surface area (Å²) in [5.41, 5.74) is 1.21. The lowest BCUT2D eigenvalue weighted by Gasteiger charge is -2.28. The zero-order valence-corrected chi connectivity index (χ0v) is 16.1. The lowest BCUT2D eigenvalue weighted by molar-refractivity contribution is 0.0947. The number of hydrogen-bond acceptors (Lipinski definition) is 4. The second-order valence-corrected chi connectivity index (χ2v) is 8.48. The average molecular weight is 410 g/mol. The second kappa shape index (κ2) is 8.24. The van der Waals surface area contributed by atoms with Crippen LogP contribution in [0.25, 0.3) is 0 Å². The van der Waals surface area contributed by atoms with Gasteiger partial charge in [0.15, 0.2) is 0 Å². The number of ether oxygens (including phenoxy) is 1. The number of nitrogens with one attached hydrogen (secondary N) is 1. The Morgan fingerprint density at radius 3 is 2.57 bits per heavy atom. The maximum atomic E-state index is 13.6. The molecule has 6 nitrogen and oxygen atoms in total. The summed E-state index contributed by atoms with van der Waals surface area (Å²) < 4.78 is 58.9. The van der Waals surface area contributed by atoms with E-state index in [4.69, 9.17) is 4.74 Å². The third kappa shape index (κ3) is 4.31. The van der Waals surface area contributed by atoms with Crippen molar-refractivity contribution in [3.63, 3.8) is 0 Å². The van der Waals surface area contributed by atoms with E-state index in [1.165, 1.54) is 4.31 Å². The van der Waals surface area contributed by atoms with Crippen LogP contribution < -0.4 is 10.1 Å². The summed E-state index contributed by atoms with van der Waals surface area (Å²) in [6.07, 6.45) is 0.554. The number of carbonyl (C=O) groups excluding carboxylic acids is 1. The Balaban J connectivity index is 1.61. The van der Waals surface area contributed by atoms with Crippen molar-refractivity contribution in [3.05, 3.63) is 64.7 Å². The molecule has 1 amide bonds. The summed E-state index contributed by atoms with van der Waals surface area (Å²) in [5, 5.41) is 2.27. The zero-order valence-electron chi connectivity index (χ0n) is 15.2. The minimum absolute atomic E-state index is 0.234. The molecule has 1 N–H and O–H groups in total. The maximum absolute atomic E-state index is 13.6. The van der Waals surface area contributed by atoms with E-state index < -0.39 is 33.1 Å². The van der Waals surface area contributed by atoms with Crippen molar-refractivity contribution >= 4 is 15.9 Å². The largest absolute Gasteiger partial charge is 0.497 e. The second-order valence-electron chi connectivity index (χ2n) is 6.39. The van der Waals surface area contributed by atoms with Gasteiger partial charge in [0.1, 0.15) is 22.9 Å². The smallest absolute Gasteiger partial charge is 0.257 e. The van der Waals surface area contributed by atoms with Crippen molar-refractivity contribution in [2.75, 3.05) is 26.0 Å². The van der Waals surface area contributed by atoms with Gasteiger partial charge >= 0.3 is 0 Å². The molecule has 0 aromatic heterocycles. The quantitative estimate of drug-likeness (QED) is 0.791. The highest BCUT2D eigenvalue weighted by Crippen LogP contribution is 2.25. The van der Waals surface area contributed by atoms with Crippen LogP contribution in [0.5, 0.6) is 5.75 Å². The minimum atomic E-state index is -3.64. The lowest BCUT2D eigenvalue weighted by Crippen LogP contribution is -2.40. The number of rotatable bonds is 6. The summed E-state index contributed by atoms with van der Waals surface area (Å²) in [5.74, 6) is -2.62. The van der Waals surface area contributed by atoms with Crippen molar-refractivity contribution in [3.8, 4) is 5.75 Å². The van der Waals surface area contributed by atoms with Crippen molar-refractivity contribution in [1.29, 1.82) is 0 Å². The molecule has 28 heavy (non-hydrogen) atoms. The summed E-state index contributed by atoms with van der Waals surface area (Å²) in [7, 11) is -2.07. The molecule has 0 aliphatic carbocycles. The Kier molecular flexibility index (Phi) is 5.95. The first kappa shape index (κ1) is 20.2. The first-order valence-corrected chi connectivity index (χ1v) is 10.3. The number of nitrogens with zero attached hydrogens (tertiary/aromatic N) is 1. The molecule has 0 spiro atoms. The van der Waals surface area contributed by atoms with E-state index in [2.05, 4.69) is 5.32 Å². The number of benzene rings is 2. The molecular weight excluding hydrogens is 390 g/mol. The number of amides is 1. The Labute approximate surface area is 162 Å². The van der Waals surface area contributed by atoms with E-state index in [1.54, 1.807) is 13.2 Å². The molecule has 0 unspecified atom stereocenters. The van der Waals surface area contributed by atoms with Crippen LogP contribution in [0.2, 0.25) is 0 Å². The van der Waals surface area contributed by atoms with Crippen molar-refractivity contribution < 1.29 is 26.7 Å². The van der Waals surface area contributed by atoms with E-state index in [1.807, 2.05) is 12.1 Å². The van der Waals surface area contributed by atoms with E-state index in [0.29, 0.717) is 13.0 Å². The standard InChI is InChI=1S/C19H20F2N2O4S/c1-27-15-6-5-14-12-23(9-7-13(14)11-15)28(25,26)10-8-22-19(24)18-16(20)3-2-4-17(18)21/h2-6,11H,7-10,12H2,1H3,(H,22,24). The van der Waals surface area contributed by atoms with Crippen LogP contribution in [0.3, 0.4) is 0 Å². The van der Waals surface area contributed by atoms with Gasteiger partial charge in [-0.2, -0.15) is 4.31 Å². The van der Waals surface area contributed by atoms with Gasteiger partial charge in [-0.15, -0.1) is 0 Å². The molecule has 0 atom stereocenters. The van der Waals surface area contributed by atoms with Crippen LogP contribution in [0.4, 0.5) is 8.78 Å². The van der Waals surface area contributed by atoms with Crippen molar-refractivity contribution in [2.45, 2.75) is 13.0 Å². The topological polar surface area (TPSA) is 75.7 Å². The molecule has 0 saturated carbocycles. The number of fused-ring (bicyclic) bond motifs is 1. The van der Waals surface area contributed by atoms with Crippen molar-refractivity contribution in [1.82, 2.24) is 9.62 Å². The summed E-state index contributed by atoms with van der Waals surface area (Å²) in [4.78, 5) is 12.0. The van der Waals surface area contributed by atoms with Crippen LogP contribution in [0.15, 0.2) is 36.4 Å². The van der Waals surface area contributed by atoms with Crippen LogP contribution in [0.1, 0.15) is 21.5 Å². The number of sulfonamides is 1. The molecule has 3 rings (SSSR count). The summed E-state index contributed by atoms with van der Waals surface area (Å²) >= 11 is 0. The van der Waals surface area contributed by atoms with Gasteiger partial charge in [0.05, 0.1) is 12.9 Å². The fraction of sp³-hybridized carbons (Fsp3) is 0.316. The van der Waals surface area contributed by atoms with Crippen LogP contribution in [-0.4, -0.2) is 44.6 Å². The van der Waals surface area contributed by atoms with Gasteiger partial charge in [-0.05, 0) is 41.8 Å². The monoisotopic (exact) mass is 410 g/mol. The minimum Gasteiger partial charge on any atom is -0.497 e. The third-order valence-corrected chi connectivity index (χ3v) is 6.44. The summed E-state index contributed by atoms with van der Waals surface area (Å²) in [6.45, 7) is 0.302. The zero-order chi connectivity index (χ0) is 20.3. The number of halogens is 2. The Morgan fingerprint density at radius 2 is 1.89 bits per heavy atom. The van der Waals surface area contributed by atoms with Gasteiger partial charge in [-0.3, -0.25) is 4.79 Å². The van der Waals surface area contributed by atoms with Crippen LogP contribution in [0, 0.1) is 11.6 Å². The fourth-order valence-corrected chi connectivity index (χ4v) is 4.42. The van der Waals surface area contributed by atoms with E-state index in [-0.39, 0.29) is 18.8 Å². The molecule has 2 aromatic carbocycles. The highest BCUT2D eigenvalue weighted by atomic mass is 32.2. The SMILES string of the molecule is COc1ccc2c(c1)CCN(S(=O)(=O)CCNC(=O)c1c(F)cccc1F)C2. The first-order chi connectivity index (χ1) is 13.3. The van der Waals surface area contributed by atoms with E-state index in [0.717, 1.165) is 35.1 Å². The van der Waals surface area contributed by atoms with E-state index >= 15 is 0 Å². The molecule has 0 fully saturated rings. The molecule has 2 aromatic rings. The van der Waals surface area contributed by atoms with Gasteiger partial charge in [0.2, 0.25) is 10.0 Å². The normalized spacial score (nSPS) is 14.4. The molecule has 1 aliphatic heterocycles. The fourth-order valence-electron chi connectivity index (χ4n) is 3.09. The third-order valence-electron chi connectivity index (χ3n) is 4.62. The molecule has 0 saturated heterocycles. The van der Waals surface area contributed by atoms with Gasteiger partial charge in [-0.1, -0.05) is 12.1 Å². The van der Waals surface area contributed by atoms with E-state index in [9.17, 15) is 22.0 Å².